The molecule has 1 aromatic heterocycles. The molecule has 1 N–H and O–H groups in total. The topological polar surface area (TPSA) is 71.3 Å². The van der Waals surface area contributed by atoms with E-state index in [0.717, 1.165) is 36.5 Å². The molecule has 6 nitrogen and oxygen atoms in total. The summed E-state index contributed by atoms with van der Waals surface area (Å²) in [6, 6.07) is 15.9. The maximum Gasteiger partial charge on any atom is 0.241 e. The van der Waals surface area contributed by atoms with Crippen molar-refractivity contribution in [1.29, 1.82) is 0 Å². The van der Waals surface area contributed by atoms with Crippen molar-refractivity contribution in [2.24, 2.45) is 5.92 Å². The number of nitrogens with one attached hydrogen (secondary N) is 1. The Morgan fingerprint density at radius 1 is 1.27 bits per heavy atom. The molecule has 33 heavy (non-hydrogen) atoms. The van der Waals surface area contributed by atoms with Crippen LogP contribution >= 0.6 is 23.4 Å². The number of likely N-dealkylation sites (tertiary alicyclic amines) is 1. The first-order valence-electron chi connectivity index (χ1n) is 11.3. The van der Waals surface area contributed by atoms with Gasteiger partial charge in [0, 0.05) is 35.2 Å². The summed E-state index contributed by atoms with van der Waals surface area (Å²) in [6.07, 6.45) is 1.90. The second kappa shape index (κ2) is 11.7. The molecular formula is C25H29ClN4O2S. The predicted octanol–water partition coefficient (Wildman–Crippen LogP) is 4.96. The van der Waals surface area contributed by atoms with E-state index >= 15 is 0 Å². The van der Waals surface area contributed by atoms with E-state index in [-0.39, 0.29) is 11.8 Å². The van der Waals surface area contributed by atoms with E-state index in [4.69, 9.17) is 16.1 Å². The van der Waals surface area contributed by atoms with Crippen LogP contribution in [-0.4, -0.2) is 46.3 Å². The van der Waals surface area contributed by atoms with Gasteiger partial charge >= 0.3 is 0 Å². The fourth-order valence-corrected chi connectivity index (χ4v) is 4.95. The highest BCUT2D eigenvalue weighted by Gasteiger charge is 2.26. The van der Waals surface area contributed by atoms with Crippen molar-refractivity contribution in [3.63, 3.8) is 0 Å². The number of carbonyl (C=O) groups excluding carboxylic acids is 1. The molecule has 0 saturated carbocycles. The van der Waals surface area contributed by atoms with E-state index < -0.39 is 0 Å². The van der Waals surface area contributed by atoms with Crippen molar-refractivity contribution < 1.29 is 9.32 Å². The predicted molar refractivity (Wildman–Crippen MR) is 133 cm³/mol. The Balaban J connectivity index is 1.19. The minimum atomic E-state index is -0.000759. The average molecular weight is 485 g/mol. The lowest BCUT2D eigenvalue weighted by Crippen LogP contribution is -2.43. The zero-order valence-electron chi connectivity index (χ0n) is 18.8. The molecule has 1 atom stereocenters. The van der Waals surface area contributed by atoms with E-state index in [0.29, 0.717) is 36.4 Å². The maximum atomic E-state index is 12.7. The standard InChI is InChI=1S/C25H29ClN4O2S/c1-18-4-2-5-19(14-18)17-33-13-11-27-25(31)21-6-3-12-30(15-21)16-23-28-24(29-32-23)20-7-9-22(26)10-8-20/h2,4-5,7-10,14,21H,3,6,11-13,15-17H2,1H3,(H,27,31). The number of halogens is 1. The number of aryl methyl sites for hydroxylation is 1. The van der Waals surface area contributed by atoms with Gasteiger partial charge in [-0.2, -0.15) is 16.7 Å². The van der Waals surface area contributed by atoms with Gasteiger partial charge in [-0.3, -0.25) is 9.69 Å². The van der Waals surface area contributed by atoms with E-state index in [1.807, 2.05) is 36.0 Å². The normalized spacial score (nSPS) is 16.6. The first-order chi connectivity index (χ1) is 16.1. The summed E-state index contributed by atoms with van der Waals surface area (Å²) in [4.78, 5) is 19.4. The Kier molecular flexibility index (Phi) is 8.42. The molecule has 1 fully saturated rings. The average Bonchev–Trinajstić information content (AvgIpc) is 3.28. The molecule has 174 valence electrons. The first kappa shape index (κ1) is 23.8. The third-order valence-corrected chi connectivity index (χ3v) is 6.98. The summed E-state index contributed by atoms with van der Waals surface area (Å²) in [5.74, 6) is 3.13. The number of rotatable bonds is 9. The van der Waals surface area contributed by atoms with Crippen LogP contribution in [0, 0.1) is 12.8 Å². The lowest BCUT2D eigenvalue weighted by Gasteiger charge is -2.30. The van der Waals surface area contributed by atoms with Gasteiger partial charge < -0.3 is 9.84 Å². The number of piperidine rings is 1. The Morgan fingerprint density at radius 3 is 2.94 bits per heavy atom. The molecule has 1 saturated heterocycles. The molecular weight excluding hydrogens is 456 g/mol. The number of nitrogens with zero attached hydrogens (tertiary/aromatic N) is 3. The number of carbonyl (C=O) groups is 1. The van der Waals surface area contributed by atoms with Crippen molar-refractivity contribution in [3.05, 3.63) is 70.6 Å². The number of hydrogen-bond donors (Lipinski definition) is 1. The zero-order valence-corrected chi connectivity index (χ0v) is 20.4. The Morgan fingerprint density at radius 2 is 2.12 bits per heavy atom. The maximum absolute atomic E-state index is 12.7. The number of benzene rings is 2. The molecule has 8 heteroatoms. The van der Waals surface area contributed by atoms with E-state index in [9.17, 15) is 4.79 Å². The Labute approximate surface area is 204 Å². The van der Waals surface area contributed by atoms with Crippen molar-refractivity contribution >= 4 is 29.3 Å². The second-order valence-corrected chi connectivity index (χ2v) is 9.97. The van der Waals surface area contributed by atoms with Crippen molar-refractivity contribution in [2.75, 3.05) is 25.4 Å². The molecule has 1 aliphatic rings. The summed E-state index contributed by atoms with van der Waals surface area (Å²) < 4.78 is 5.44. The van der Waals surface area contributed by atoms with Crippen LogP contribution in [0.2, 0.25) is 5.02 Å². The molecule has 0 bridgehead atoms. The fourth-order valence-electron chi connectivity index (χ4n) is 4.02. The summed E-state index contributed by atoms with van der Waals surface area (Å²) in [5.41, 5.74) is 3.48. The van der Waals surface area contributed by atoms with Crippen LogP contribution in [0.4, 0.5) is 0 Å². The molecule has 1 unspecified atom stereocenters. The number of amides is 1. The molecule has 2 heterocycles. The highest BCUT2D eigenvalue weighted by molar-refractivity contribution is 7.98. The third-order valence-electron chi connectivity index (χ3n) is 5.70. The number of thioether (sulfide) groups is 1. The van der Waals surface area contributed by atoms with Gasteiger partial charge in [0.25, 0.3) is 0 Å². The van der Waals surface area contributed by atoms with Crippen molar-refractivity contribution in [1.82, 2.24) is 20.4 Å². The summed E-state index contributed by atoms with van der Waals surface area (Å²) in [5, 5.41) is 7.87. The second-order valence-electron chi connectivity index (χ2n) is 8.43. The lowest BCUT2D eigenvalue weighted by atomic mass is 9.97. The van der Waals surface area contributed by atoms with Crippen LogP contribution in [0.3, 0.4) is 0 Å². The third kappa shape index (κ3) is 7.06. The van der Waals surface area contributed by atoms with Gasteiger partial charge in [0.1, 0.15) is 0 Å². The van der Waals surface area contributed by atoms with Crippen LogP contribution in [0.5, 0.6) is 0 Å². The monoisotopic (exact) mass is 484 g/mol. The number of hydrogen-bond acceptors (Lipinski definition) is 6. The lowest BCUT2D eigenvalue weighted by molar-refractivity contribution is -0.126. The van der Waals surface area contributed by atoms with Gasteiger partial charge in [0.2, 0.25) is 17.6 Å². The molecule has 1 aliphatic heterocycles. The zero-order chi connectivity index (χ0) is 23.0. The fraction of sp³-hybridized carbons (Fsp3) is 0.400. The van der Waals surface area contributed by atoms with Crippen LogP contribution < -0.4 is 5.32 Å². The molecule has 3 aromatic rings. The number of aromatic nitrogens is 2. The van der Waals surface area contributed by atoms with Crippen molar-refractivity contribution in [3.8, 4) is 11.4 Å². The van der Waals surface area contributed by atoms with E-state index in [1.165, 1.54) is 11.1 Å². The molecule has 4 rings (SSSR count). The highest BCUT2D eigenvalue weighted by Crippen LogP contribution is 2.22. The summed E-state index contributed by atoms with van der Waals surface area (Å²) in [6.45, 7) is 4.99. The SMILES string of the molecule is Cc1cccc(CSCCNC(=O)C2CCCN(Cc3nc(-c4ccc(Cl)cc4)no3)C2)c1. The van der Waals surface area contributed by atoms with Gasteiger partial charge in [-0.25, -0.2) is 0 Å². The van der Waals surface area contributed by atoms with Gasteiger partial charge in [0.15, 0.2) is 0 Å². The van der Waals surface area contributed by atoms with Gasteiger partial charge in [-0.1, -0.05) is 46.6 Å². The largest absolute Gasteiger partial charge is 0.355 e. The van der Waals surface area contributed by atoms with Crippen LogP contribution in [0.15, 0.2) is 53.1 Å². The summed E-state index contributed by atoms with van der Waals surface area (Å²) >= 11 is 7.79. The molecule has 0 radical (unpaired) electrons. The van der Waals surface area contributed by atoms with Crippen LogP contribution in [-0.2, 0) is 17.1 Å². The Bertz CT molecular complexity index is 1060. The van der Waals surface area contributed by atoms with Crippen molar-refractivity contribution in [2.45, 2.75) is 32.1 Å². The minimum Gasteiger partial charge on any atom is -0.355 e. The van der Waals surface area contributed by atoms with Gasteiger partial charge in [0.05, 0.1) is 12.5 Å². The first-order valence-corrected chi connectivity index (χ1v) is 12.8. The van der Waals surface area contributed by atoms with Gasteiger partial charge in [-0.15, -0.1) is 0 Å². The van der Waals surface area contributed by atoms with E-state index in [1.54, 1.807) is 0 Å². The minimum absolute atomic E-state index is 0.000759. The van der Waals surface area contributed by atoms with Gasteiger partial charge in [-0.05, 0) is 56.1 Å². The highest BCUT2D eigenvalue weighted by atomic mass is 35.5. The molecule has 0 aliphatic carbocycles. The molecule has 2 aromatic carbocycles. The smallest absolute Gasteiger partial charge is 0.241 e. The summed E-state index contributed by atoms with van der Waals surface area (Å²) in [7, 11) is 0. The quantitative estimate of drug-likeness (QED) is 0.433. The Hall–Kier alpha value is -2.35. The molecule has 1 amide bonds. The molecule has 0 spiro atoms. The van der Waals surface area contributed by atoms with Crippen LogP contribution in [0.1, 0.15) is 29.9 Å². The van der Waals surface area contributed by atoms with Crippen LogP contribution in [0.25, 0.3) is 11.4 Å². The van der Waals surface area contributed by atoms with E-state index in [2.05, 4.69) is 51.5 Å².